The number of hydrogen-bond acceptors (Lipinski definition) is 5. The average Bonchev–Trinajstić information content (AvgIpc) is 2.82. The Hall–Kier alpha value is -0.910. The molecule has 2 rings (SSSR count). The van der Waals surface area contributed by atoms with E-state index in [4.69, 9.17) is 4.74 Å². The minimum atomic E-state index is -0.201. The first-order valence-corrected chi connectivity index (χ1v) is 6.64. The molecule has 17 heavy (non-hydrogen) atoms. The van der Waals surface area contributed by atoms with Crippen molar-refractivity contribution < 1.29 is 14.3 Å². The molecule has 1 unspecified atom stereocenters. The smallest absolute Gasteiger partial charge is 0.308 e. The van der Waals surface area contributed by atoms with Gasteiger partial charge in [-0.1, -0.05) is 0 Å². The van der Waals surface area contributed by atoms with E-state index in [-0.39, 0.29) is 12.1 Å². The highest BCUT2D eigenvalue weighted by Crippen LogP contribution is 2.14. The van der Waals surface area contributed by atoms with Crippen molar-refractivity contribution in [2.45, 2.75) is 19.1 Å². The maximum absolute atomic E-state index is 11.2. The number of hydrogen-bond donors (Lipinski definition) is 0. The van der Waals surface area contributed by atoms with E-state index >= 15 is 0 Å². The molecule has 0 saturated carbocycles. The van der Waals surface area contributed by atoms with Crippen LogP contribution in [0, 0.1) is 0 Å². The molecule has 1 aromatic heterocycles. The van der Waals surface area contributed by atoms with Crippen LogP contribution in [0.4, 0.5) is 0 Å². The van der Waals surface area contributed by atoms with E-state index in [1.807, 2.05) is 0 Å². The van der Waals surface area contributed by atoms with Crippen molar-refractivity contribution in [1.29, 1.82) is 0 Å². The average molecular weight is 255 g/mol. The monoisotopic (exact) mass is 255 g/mol. The fourth-order valence-electron chi connectivity index (χ4n) is 1.96. The summed E-state index contributed by atoms with van der Waals surface area (Å²) < 4.78 is 10.2. The van der Waals surface area contributed by atoms with E-state index in [1.54, 1.807) is 11.3 Å². The van der Waals surface area contributed by atoms with Crippen molar-refractivity contribution in [2.24, 2.45) is 0 Å². The van der Waals surface area contributed by atoms with E-state index in [0.29, 0.717) is 13.0 Å². The van der Waals surface area contributed by atoms with Gasteiger partial charge in [0.15, 0.2) is 0 Å². The van der Waals surface area contributed by atoms with Crippen LogP contribution in [0.3, 0.4) is 0 Å². The Bertz CT molecular complexity index is 353. The zero-order valence-corrected chi connectivity index (χ0v) is 10.7. The van der Waals surface area contributed by atoms with Gasteiger partial charge in [-0.25, -0.2) is 0 Å². The second-order valence-electron chi connectivity index (χ2n) is 4.14. The van der Waals surface area contributed by atoms with Crippen LogP contribution in [0.15, 0.2) is 16.8 Å². The van der Waals surface area contributed by atoms with E-state index in [0.717, 1.165) is 19.6 Å². The van der Waals surface area contributed by atoms with Gasteiger partial charge in [0.25, 0.3) is 0 Å². The lowest BCUT2D eigenvalue weighted by atomic mass is 10.2. The predicted octanol–water partition coefficient (Wildman–Crippen LogP) is 1.51. The maximum atomic E-state index is 11.2. The van der Waals surface area contributed by atoms with Crippen molar-refractivity contribution >= 4 is 17.3 Å². The van der Waals surface area contributed by atoms with Gasteiger partial charge < -0.3 is 9.47 Å². The lowest BCUT2D eigenvalue weighted by molar-refractivity contribution is -0.145. The number of methoxy groups -OCH3 is 1. The van der Waals surface area contributed by atoms with Gasteiger partial charge in [-0.05, 0) is 22.4 Å². The lowest BCUT2D eigenvalue weighted by Crippen LogP contribution is -2.42. The topological polar surface area (TPSA) is 38.8 Å². The third kappa shape index (κ3) is 3.80. The lowest BCUT2D eigenvalue weighted by Gasteiger charge is -2.32. The molecule has 94 valence electrons. The van der Waals surface area contributed by atoms with Crippen molar-refractivity contribution in [3.63, 3.8) is 0 Å². The summed E-state index contributed by atoms with van der Waals surface area (Å²) in [6, 6.07) is 2.13. The van der Waals surface area contributed by atoms with Crippen molar-refractivity contribution in [3.05, 3.63) is 22.4 Å². The van der Waals surface area contributed by atoms with Crippen molar-refractivity contribution in [1.82, 2.24) is 4.90 Å². The summed E-state index contributed by atoms with van der Waals surface area (Å²) in [5.74, 6) is -0.201. The normalized spacial score (nSPS) is 21.4. The minimum absolute atomic E-state index is 0.0326. The first-order valence-electron chi connectivity index (χ1n) is 5.70. The number of carbonyl (C=O) groups is 1. The van der Waals surface area contributed by atoms with Gasteiger partial charge in [-0.2, -0.15) is 11.3 Å². The Morgan fingerprint density at radius 2 is 2.59 bits per heavy atom. The van der Waals surface area contributed by atoms with E-state index < -0.39 is 0 Å². The molecule has 0 bridgehead atoms. The second kappa shape index (κ2) is 6.14. The van der Waals surface area contributed by atoms with Crippen LogP contribution in [0.5, 0.6) is 0 Å². The molecule has 0 amide bonds. The van der Waals surface area contributed by atoms with Gasteiger partial charge in [-0.15, -0.1) is 0 Å². The summed E-state index contributed by atoms with van der Waals surface area (Å²) in [4.78, 5) is 13.5. The molecule has 1 aliphatic rings. The highest BCUT2D eigenvalue weighted by molar-refractivity contribution is 7.07. The highest BCUT2D eigenvalue weighted by atomic mass is 32.1. The van der Waals surface area contributed by atoms with E-state index in [1.165, 1.54) is 12.7 Å². The highest BCUT2D eigenvalue weighted by Gasteiger charge is 2.23. The molecule has 5 heteroatoms. The SMILES string of the molecule is COC(=O)CC1CN(Cc2ccsc2)CCO1. The summed E-state index contributed by atoms with van der Waals surface area (Å²) in [5, 5.41) is 4.24. The Labute approximate surface area is 105 Å². The Kier molecular flexibility index (Phi) is 4.53. The number of ether oxygens (including phenoxy) is 2. The zero-order chi connectivity index (χ0) is 12.1. The number of esters is 1. The fourth-order valence-corrected chi connectivity index (χ4v) is 2.62. The quantitative estimate of drug-likeness (QED) is 0.765. The molecule has 2 heterocycles. The molecular weight excluding hydrogens is 238 g/mol. The second-order valence-corrected chi connectivity index (χ2v) is 4.92. The molecule has 0 aromatic carbocycles. The number of nitrogens with zero attached hydrogens (tertiary/aromatic N) is 1. The van der Waals surface area contributed by atoms with Gasteiger partial charge in [0, 0.05) is 19.6 Å². The first-order chi connectivity index (χ1) is 8.28. The third-order valence-electron chi connectivity index (χ3n) is 2.83. The summed E-state index contributed by atoms with van der Waals surface area (Å²) in [7, 11) is 1.41. The molecule has 1 fully saturated rings. The molecule has 0 N–H and O–H groups in total. The van der Waals surface area contributed by atoms with E-state index in [9.17, 15) is 4.79 Å². The summed E-state index contributed by atoms with van der Waals surface area (Å²) in [6.45, 7) is 3.34. The summed E-state index contributed by atoms with van der Waals surface area (Å²) >= 11 is 1.71. The summed E-state index contributed by atoms with van der Waals surface area (Å²) in [5.41, 5.74) is 1.33. The predicted molar refractivity (Wildman–Crippen MR) is 66.0 cm³/mol. The van der Waals surface area contributed by atoms with Crippen LogP contribution in [-0.4, -0.2) is 43.8 Å². The number of morpholine rings is 1. The molecule has 0 spiro atoms. The molecule has 1 saturated heterocycles. The Morgan fingerprint density at radius 1 is 1.71 bits per heavy atom. The van der Waals surface area contributed by atoms with Crippen LogP contribution in [-0.2, 0) is 20.8 Å². The summed E-state index contributed by atoms with van der Waals surface area (Å²) in [6.07, 6.45) is 0.311. The Balaban J connectivity index is 1.82. The standard InChI is InChI=1S/C12H17NO3S/c1-15-12(14)6-11-8-13(3-4-16-11)7-10-2-5-17-9-10/h2,5,9,11H,3-4,6-8H2,1H3. The zero-order valence-electron chi connectivity index (χ0n) is 9.93. The number of rotatable bonds is 4. The number of thiophene rings is 1. The first kappa shape index (κ1) is 12.5. The van der Waals surface area contributed by atoms with Crippen LogP contribution >= 0.6 is 11.3 Å². The molecule has 1 aliphatic heterocycles. The molecule has 0 radical (unpaired) electrons. The van der Waals surface area contributed by atoms with Gasteiger partial charge in [-0.3, -0.25) is 9.69 Å². The van der Waals surface area contributed by atoms with Crippen LogP contribution in [0.25, 0.3) is 0 Å². The Morgan fingerprint density at radius 3 is 3.29 bits per heavy atom. The maximum Gasteiger partial charge on any atom is 0.308 e. The van der Waals surface area contributed by atoms with Crippen LogP contribution < -0.4 is 0 Å². The van der Waals surface area contributed by atoms with Gasteiger partial charge in [0.2, 0.25) is 0 Å². The van der Waals surface area contributed by atoms with Gasteiger partial charge >= 0.3 is 5.97 Å². The van der Waals surface area contributed by atoms with Crippen LogP contribution in [0.1, 0.15) is 12.0 Å². The van der Waals surface area contributed by atoms with Gasteiger partial charge in [0.1, 0.15) is 0 Å². The van der Waals surface area contributed by atoms with Crippen LogP contribution in [0.2, 0.25) is 0 Å². The third-order valence-corrected chi connectivity index (χ3v) is 3.56. The fraction of sp³-hybridized carbons (Fsp3) is 0.583. The largest absolute Gasteiger partial charge is 0.469 e. The van der Waals surface area contributed by atoms with Crippen molar-refractivity contribution in [3.8, 4) is 0 Å². The van der Waals surface area contributed by atoms with E-state index in [2.05, 4.69) is 26.5 Å². The van der Waals surface area contributed by atoms with Crippen molar-refractivity contribution in [2.75, 3.05) is 26.8 Å². The molecule has 4 nitrogen and oxygen atoms in total. The van der Waals surface area contributed by atoms with Gasteiger partial charge in [0.05, 0.1) is 26.2 Å². The molecular formula is C12H17NO3S. The molecule has 0 aliphatic carbocycles. The number of carbonyl (C=O) groups excluding carboxylic acids is 1. The molecule has 1 aromatic rings. The minimum Gasteiger partial charge on any atom is -0.469 e. The molecule has 1 atom stereocenters.